The first kappa shape index (κ1) is 21.6. The Labute approximate surface area is 193 Å². The second kappa shape index (κ2) is 9.31. The van der Waals surface area contributed by atoms with E-state index in [1.165, 1.54) is 0 Å². The number of fused-ring (bicyclic) bond motifs is 2. The number of nitrogens with one attached hydrogen (secondary N) is 1. The monoisotopic (exact) mass is 446 g/mol. The number of carbonyl (C=O) groups is 1. The molecule has 33 heavy (non-hydrogen) atoms. The van der Waals surface area contributed by atoms with Crippen LogP contribution in [0.25, 0.3) is 10.9 Å². The number of amides is 1. The first-order valence-corrected chi connectivity index (χ1v) is 11.8. The highest BCUT2D eigenvalue weighted by molar-refractivity contribution is 6.06. The summed E-state index contributed by atoms with van der Waals surface area (Å²) < 4.78 is 1.81. The van der Waals surface area contributed by atoms with Gasteiger partial charge in [-0.05, 0) is 50.2 Å². The fraction of sp³-hybridized carbons (Fsp3) is 0.440. The van der Waals surface area contributed by atoms with Crippen LogP contribution in [-0.2, 0) is 13.0 Å². The van der Waals surface area contributed by atoms with E-state index < -0.39 is 0 Å². The fourth-order valence-electron chi connectivity index (χ4n) is 4.62. The third-order valence-electron chi connectivity index (χ3n) is 6.66. The van der Waals surface area contributed by atoms with Crippen LogP contribution in [0.2, 0.25) is 0 Å². The Morgan fingerprint density at radius 1 is 0.970 bits per heavy atom. The molecule has 0 aliphatic carbocycles. The van der Waals surface area contributed by atoms with Crippen molar-refractivity contribution in [1.29, 1.82) is 0 Å². The van der Waals surface area contributed by atoms with Gasteiger partial charge in [0.1, 0.15) is 11.6 Å². The Morgan fingerprint density at radius 2 is 1.79 bits per heavy atom. The maximum Gasteiger partial charge on any atom is 0.261 e. The summed E-state index contributed by atoms with van der Waals surface area (Å²) in [4.78, 5) is 39.7. The molecule has 8 nitrogen and oxygen atoms in total. The molecule has 2 aromatic heterocycles. The molecule has 1 N–H and O–H groups in total. The van der Waals surface area contributed by atoms with Crippen LogP contribution in [0.15, 0.2) is 41.3 Å². The first-order valence-electron chi connectivity index (χ1n) is 11.8. The third-order valence-corrected chi connectivity index (χ3v) is 6.66. The summed E-state index contributed by atoms with van der Waals surface area (Å²) >= 11 is 0. The Kier molecular flexibility index (Phi) is 6.09. The van der Waals surface area contributed by atoms with E-state index in [1.807, 2.05) is 16.7 Å². The molecule has 5 rings (SSSR count). The van der Waals surface area contributed by atoms with E-state index in [-0.39, 0.29) is 11.5 Å². The summed E-state index contributed by atoms with van der Waals surface area (Å²) in [5.74, 6) is 1.51. The van der Waals surface area contributed by atoms with Crippen LogP contribution in [0.1, 0.15) is 41.9 Å². The Hall–Kier alpha value is -3.26. The Morgan fingerprint density at radius 3 is 2.58 bits per heavy atom. The van der Waals surface area contributed by atoms with E-state index in [0.717, 1.165) is 76.5 Å². The fourth-order valence-corrected chi connectivity index (χ4v) is 4.62. The van der Waals surface area contributed by atoms with Gasteiger partial charge in [0.2, 0.25) is 0 Å². The number of piperazine rings is 1. The molecule has 172 valence electrons. The van der Waals surface area contributed by atoms with Crippen molar-refractivity contribution in [1.82, 2.24) is 19.4 Å². The van der Waals surface area contributed by atoms with Gasteiger partial charge in [-0.2, -0.15) is 0 Å². The van der Waals surface area contributed by atoms with E-state index in [2.05, 4.69) is 27.1 Å². The lowest BCUT2D eigenvalue weighted by atomic mass is 10.1. The number of hydrogen-bond acceptors (Lipinski definition) is 6. The van der Waals surface area contributed by atoms with Gasteiger partial charge in [-0.3, -0.25) is 14.2 Å². The molecule has 0 unspecified atom stereocenters. The minimum Gasteiger partial charge on any atom is -0.354 e. The number of pyridine rings is 1. The average molecular weight is 447 g/mol. The molecule has 0 saturated carbocycles. The van der Waals surface area contributed by atoms with Gasteiger partial charge in [-0.25, -0.2) is 9.97 Å². The number of anilines is 2. The number of benzene rings is 1. The van der Waals surface area contributed by atoms with Crippen LogP contribution in [0.5, 0.6) is 0 Å². The summed E-state index contributed by atoms with van der Waals surface area (Å²) in [5.41, 5.74) is 1.70. The van der Waals surface area contributed by atoms with Crippen molar-refractivity contribution >= 4 is 28.3 Å². The van der Waals surface area contributed by atoms with E-state index in [0.29, 0.717) is 22.2 Å². The van der Waals surface area contributed by atoms with Gasteiger partial charge in [0.25, 0.3) is 11.5 Å². The highest BCUT2D eigenvalue weighted by atomic mass is 16.1. The van der Waals surface area contributed by atoms with Crippen LogP contribution in [0.3, 0.4) is 0 Å². The minimum atomic E-state index is -0.236. The standard InChI is InChI=1S/C25H30N6O2/c1-29-12-14-30(15-13-29)22-10-8-19(17-26-22)27-24(32)18-7-9-20-21(16-18)28-23-6-4-2-3-5-11-31(23)25(20)33/h7-10,16-17H,2-6,11-15H2,1H3,(H,27,32). The summed E-state index contributed by atoms with van der Waals surface area (Å²) in [6.45, 7) is 4.65. The maximum absolute atomic E-state index is 13.0. The molecule has 1 aromatic carbocycles. The lowest BCUT2D eigenvalue weighted by Crippen LogP contribution is -2.44. The quantitative estimate of drug-likeness (QED) is 0.666. The number of hydrogen-bond donors (Lipinski definition) is 1. The molecule has 0 atom stereocenters. The summed E-state index contributed by atoms with van der Waals surface area (Å²) in [6, 6.07) is 8.97. The largest absolute Gasteiger partial charge is 0.354 e. The second-order valence-electron chi connectivity index (χ2n) is 9.03. The molecular weight excluding hydrogens is 416 g/mol. The van der Waals surface area contributed by atoms with Gasteiger partial charge < -0.3 is 15.1 Å². The van der Waals surface area contributed by atoms with Gasteiger partial charge in [-0.15, -0.1) is 0 Å². The number of aryl methyl sites for hydroxylation is 1. The van der Waals surface area contributed by atoms with Crippen LogP contribution in [-0.4, -0.2) is 58.6 Å². The molecule has 1 fully saturated rings. The number of nitrogens with zero attached hydrogens (tertiary/aromatic N) is 5. The topological polar surface area (TPSA) is 83.4 Å². The molecular formula is C25H30N6O2. The smallest absolute Gasteiger partial charge is 0.261 e. The van der Waals surface area contributed by atoms with Crippen LogP contribution >= 0.6 is 0 Å². The predicted octanol–water partition coefficient (Wildman–Crippen LogP) is 2.91. The van der Waals surface area contributed by atoms with Crippen molar-refractivity contribution in [2.45, 2.75) is 38.6 Å². The van der Waals surface area contributed by atoms with Crippen LogP contribution in [0, 0.1) is 0 Å². The highest BCUT2D eigenvalue weighted by Crippen LogP contribution is 2.19. The van der Waals surface area contributed by atoms with Crippen molar-refractivity contribution in [2.24, 2.45) is 0 Å². The molecule has 4 heterocycles. The summed E-state index contributed by atoms with van der Waals surface area (Å²) in [7, 11) is 2.12. The molecule has 0 bridgehead atoms. The lowest BCUT2D eigenvalue weighted by molar-refractivity contribution is 0.102. The van der Waals surface area contributed by atoms with Crippen molar-refractivity contribution < 1.29 is 4.79 Å². The summed E-state index contributed by atoms with van der Waals surface area (Å²) in [6.07, 6.45) is 6.84. The van der Waals surface area contributed by atoms with Crippen molar-refractivity contribution in [3.63, 3.8) is 0 Å². The van der Waals surface area contributed by atoms with Crippen LogP contribution in [0.4, 0.5) is 11.5 Å². The van der Waals surface area contributed by atoms with Gasteiger partial charge in [0.05, 0.1) is 22.8 Å². The molecule has 8 heteroatoms. The third kappa shape index (κ3) is 4.61. The molecule has 2 aliphatic heterocycles. The maximum atomic E-state index is 13.0. The van der Waals surface area contributed by atoms with Crippen molar-refractivity contribution in [3.05, 3.63) is 58.3 Å². The Balaban J connectivity index is 1.34. The lowest BCUT2D eigenvalue weighted by Gasteiger charge is -2.33. The SMILES string of the molecule is CN1CCN(c2ccc(NC(=O)c3ccc4c(=O)n5c(nc4c3)CCCCCC5)cn2)CC1. The van der Waals surface area contributed by atoms with Gasteiger partial charge >= 0.3 is 0 Å². The Bertz CT molecular complexity index is 1210. The van der Waals surface area contributed by atoms with Gasteiger partial charge in [0, 0.05) is 44.7 Å². The van der Waals surface area contributed by atoms with Gasteiger partial charge in [0.15, 0.2) is 0 Å². The van der Waals surface area contributed by atoms with Crippen molar-refractivity contribution in [3.8, 4) is 0 Å². The predicted molar refractivity (Wildman–Crippen MR) is 130 cm³/mol. The first-order chi connectivity index (χ1) is 16.1. The summed E-state index contributed by atoms with van der Waals surface area (Å²) in [5, 5.41) is 3.48. The molecule has 1 saturated heterocycles. The van der Waals surface area contributed by atoms with Gasteiger partial charge in [-0.1, -0.05) is 12.8 Å². The van der Waals surface area contributed by atoms with Crippen LogP contribution < -0.4 is 15.8 Å². The number of rotatable bonds is 3. The highest BCUT2D eigenvalue weighted by Gasteiger charge is 2.17. The minimum absolute atomic E-state index is 0.00689. The van der Waals surface area contributed by atoms with E-state index in [1.54, 1.807) is 24.4 Å². The zero-order valence-electron chi connectivity index (χ0n) is 19.1. The number of likely N-dealkylation sites (N-methyl/N-ethyl adjacent to an activating group) is 1. The zero-order chi connectivity index (χ0) is 22.8. The average Bonchev–Trinajstić information content (AvgIpc) is 2.81. The van der Waals surface area contributed by atoms with E-state index in [4.69, 9.17) is 4.98 Å². The molecule has 0 spiro atoms. The molecule has 2 aliphatic rings. The zero-order valence-corrected chi connectivity index (χ0v) is 19.1. The normalized spacial score (nSPS) is 17.3. The molecule has 0 radical (unpaired) electrons. The molecule has 3 aromatic rings. The van der Waals surface area contributed by atoms with E-state index >= 15 is 0 Å². The second-order valence-corrected chi connectivity index (χ2v) is 9.03. The number of aromatic nitrogens is 3. The number of carbonyl (C=O) groups excluding carboxylic acids is 1. The molecule has 1 amide bonds. The van der Waals surface area contributed by atoms with Crippen molar-refractivity contribution in [2.75, 3.05) is 43.4 Å². The van der Waals surface area contributed by atoms with E-state index in [9.17, 15) is 9.59 Å².